The molecular weight excluding hydrogens is 236 g/mol. The SMILES string of the molecule is CCc1cc(CN)cc(-n2nc(C)c(CC)c2C)n1. The van der Waals surface area contributed by atoms with E-state index in [0.29, 0.717) is 6.54 Å². The van der Waals surface area contributed by atoms with Crippen LogP contribution in [0.25, 0.3) is 5.82 Å². The summed E-state index contributed by atoms with van der Waals surface area (Å²) in [5.41, 5.74) is 11.5. The van der Waals surface area contributed by atoms with Gasteiger partial charge < -0.3 is 5.73 Å². The van der Waals surface area contributed by atoms with Crippen LogP contribution in [0.5, 0.6) is 0 Å². The first-order valence-corrected chi connectivity index (χ1v) is 6.86. The van der Waals surface area contributed by atoms with Gasteiger partial charge in [-0.1, -0.05) is 13.8 Å². The molecule has 0 aromatic carbocycles. The predicted octanol–water partition coefficient (Wildman–Crippen LogP) is 2.47. The molecule has 0 fully saturated rings. The molecule has 0 amide bonds. The summed E-state index contributed by atoms with van der Waals surface area (Å²) >= 11 is 0. The van der Waals surface area contributed by atoms with Gasteiger partial charge in [0, 0.05) is 17.9 Å². The van der Waals surface area contributed by atoms with Crippen molar-refractivity contribution in [3.05, 3.63) is 40.3 Å². The molecule has 2 heterocycles. The largest absolute Gasteiger partial charge is 0.326 e. The van der Waals surface area contributed by atoms with Crippen molar-refractivity contribution < 1.29 is 0 Å². The molecule has 102 valence electrons. The first-order chi connectivity index (χ1) is 9.10. The molecule has 0 unspecified atom stereocenters. The Bertz CT molecular complexity index is 562. The zero-order valence-corrected chi connectivity index (χ0v) is 12.2. The second-order valence-corrected chi connectivity index (χ2v) is 4.80. The van der Waals surface area contributed by atoms with Crippen molar-refractivity contribution >= 4 is 0 Å². The van der Waals surface area contributed by atoms with Crippen molar-refractivity contribution in [3.63, 3.8) is 0 Å². The van der Waals surface area contributed by atoms with E-state index >= 15 is 0 Å². The normalized spacial score (nSPS) is 11.0. The van der Waals surface area contributed by atoms with Crippen LogP contribution in [0.3, 0.4) is 0 Å². The highest BCUT2D eigenvalue weighted by Gasteiger charge is 2.13. The fourth-order valence-electron chi connectivity index (χ4n) is 2.45. The molecule has 0 saturated carbocycles. The number of rotatable bonds is 4. The predicted molar refractivity (Wildman–Crippen MR) is 77.5 cm³/mol. The lowest BCUT2D eigenvalue weighted by molar-refractivity contribution is 0.790. The quantitative estimate of drug-likeness (QED) is 0.916. The van der Waals surface area contributed by atoms with Gasteiger partial charge >= 0.3 is 0 Å². The third kappa shape index (κ3) is 2.54. The number of nitrogens with zero attached hydrogens (tertiary/aromatic N) is 3. The molecule has 0 spiro atoms. The number of nitrogens with two attached hydrogens (primary N) is 1. The van der Waals surface area contributed by atoms with Crippen molar-refractivity contribution in [1.29, 1.82) is 0 Å². The average Bonchev–Trinajstić information content (AvgIpc) is 2.72. The smallest absolute Gasteiger partial charge is 0.154 e. The van der Waals surface area contributed by atoms with E-state index in [1.165, 1.54) is 11.3 Å². The van der Waals surface area contributed by atoms with Crippen LogP contribution in [0.1, 0.15) is 42.1 Å². The number of aryl methyl sites for hydroxylation is 2. The summed E-state index contributed by atoms with van der Waals surface area (Å²) in [4.78, 5) is 4.66. The van der Waals surface area contributed by atoms with Crippen LogP contribution in [-0.4, -0.2) is 14.8 Å². The van der Waals surface area contributed by atoms with Gasteiger partial charge in [-0.3, -0.25) is 0 Å². The fraction of sp³-hybridized carbons (Fsp3) is 0.467. The summed E-state index contributed by atoms with van der Waals surface area (Å²) in [5.74, 6) is 0.875. The van der Waals surface area contributed by atoms with E-state index in [4.69, 9.17) is 5.73 Å². The summed E-state index contributed by atoms with van der Waals surface area (Å²) < 4.78 is 1.94. The van der Waals surface area contributed by atoms with Crippen molar-refractivity contribution in [2.75, 3.05) is 0 Å². The number of aromatic nitrogens is 3. The molecule has 2 aromatic heterocycles. The van der Waals surface area contributed by atoms with Gasteiger partial charge in [0.25, 0.3) is 0 Å². The van der Waals surface area contributed by atoms with Crippen LogP contribution in [0.2, 0.25) is 0 Å². The van der Waals surface area contributed by atoms with E-state index < -0.39 is 0 Å². The zero-order chi connectivity index (χ0) is 14.0. The van der Waals surface area contributed by atoms with Gasteiger partial charge in [-0.2, -0.15) is 5.10 Å². The molecule has 4 nitrogen and oxygen atoms in total. The van der Waals surface area contributed by atoms with Crippen molar-refractivity contribution in [3.8, 4) is 5.82 Å². The van der Waals surface area contributed by atoms with E-state index in [1.807, 2.05) is 10.7 Å². The molecule has 2 aromatic rings. The van der Waals surface area contributed by atoms with E-state index in [-0.39, 0.29) is 0 Å². The van der Waals surface area contributed by atoms with E-state index in [2.05, 4.69) is 43.8 Å². The van der Waals surface area contributed by atoms with Crippen LogP contribution < -0.4 is 5.73 Å². The third-order valence-electron chi connectivity index (χ3n) is 3.53. The van der Waals surface area contributed by atoms with Gasteiger partial charge in [0.15, 0.2) is 5.82 Å². The molecule has 0 radical (unpaired) electrons. The molecule has 19 heavy (non-hydrogen) atoms. The summed E-state index contributed by atoms with van der Waals surface area (Å²) in [6.45, 7) is 8.94. The summed E-state index contributed by atoms with van der Waals surface area (Å²) in [6.07, 6.45) is 1.90. The minimum atomic E-state index is 0.530. The van der Waals surface area contributed by atoms with Crippen LogP contribution >= 0.6 is 0 Å². The minimum absolute atomic E-state index is 0.530. The van der Waals surface area contributed by atoms with Crippen molar-refractivity contribution in [2.24, 2.45) is 5.73 Å². The van der Waals surface area contributed by atoms with Crippen molar-refractivity contribution in [1.82, 2.24) is 14.8 Å². The summed E-state index contributed by atoms with van der Waals surface area (Å²) in [6, 6.07) is 4.09. The van der Waals surface area contributed by atoms with Gasteiger partial charge in [0.2, 0.25) is 0 Å². The lowest BCUT2D eigenvalue weighted by Gasteiger charge is -2.08. The van der Waals surface area contributed by atoms with Crippen molar-refractivity contribution in [2.45, 2.75) is 47.1 Å². The number of hydrogen-bond donors (Lipinski definition) is 1. The maximum Gasteiger partial charge on any atom is 0.154 e. The Balaban J connectivity index is 2.58. The minimum Gasteiger partial charge on any atom is -0.326 e. The van der Waals surface area contributed by atoms with Crippen LogP contribution in [-0.2, 0) is 19.4 Å². The molecule has 4 heteroatoms. The van der Waals surface area contributed by atoms with Gasteiger partial charge in [-0.15, -0.1) is 0 Å². The molecule has 2 rings (SSSR count). The molecule has 0 aliphatic carbocycles. The number of hydrogen-bond acceptors (Lipinski definition) is 3. The van der Waals surface area contributed by atoms with Crippen LogP contribution in [0.4, 0.5) is 0 Å². The van der Waals surface area contributed by atoms with Gasteiger partial charge in [-0.25, -0.2) is 9.67 Å². The summed E-state index contributed by atoms with van der Waals surface area (Å²) in [5, 5.41) is 4.62. The highest BCUT2D eigenvalue weighted by atomic mass is 15.3. The monoisotopic (exact) mass is 258 g/mol. The second kappa shape index (κ2) is 5.53. The zero-order valence-electron chi connectivity index (χ0n) is 12.2. The topological polar surface area (TPSA) is 56.7 Å². The van der Waals surface area contributed by atoms with Crippen LogP contribution in [0.15, 0.2) is 12.1 Å². The molecule has 0 bridgehead atoms. The highest BCUT2D eigenvalue weighted by molar-refractivity contribution is 5.36. The van der Waals surface area contributed by atoms with E-state index in [9.17, 15) is 0 Å². The molecular formula is C15H22N4. The Morgan fingerprint density at radius 1 is 1.16 bits per heavy atom. The maximum absolute atomic E-state index is 5.76. The lowest BCUT2D eigenvalue weighted by atomic mass is 10.1. The molecule has 0 atom stereocenters. The standard InChI is InChI=1S/C15H22N4/c1-5-13-7-12(9-16)8-15(17-13)19-11(4)14(6-2)10(3)18-19/h7-8H,5-6,9,16H2,1-4H3. The van der Waals surface area contributed by atoms with Crippen LogP contribution in [0, 0.1) is 13.8 Å². The Labute approximate surface area is 114 Å². The Morgan fingerprint density at radius 2 is 1.89 bits per heavy atom. The first-order valence-electron chi connectivity index (χ1n) is 6.86. The second-order valence-electron chi connectivity index (χ2n) is 4.80. The van der Waals surface area contributed by atoms with Gasteiger partial charge in [0.1, 0.15) is 0 Å². The number of pyridine rings is 1. The third-order valence-corrected chi connectivity index (χ3v) is 3.53. The Morgan fingerprint density at radius 3 is 2.42 bits per heavy atom. The van der Waals surface area contributed by atoms with Gasteiger partial charge in [0.05, 0.1) is 5.69 Å². The highest BCUT2D eigenvalue weighted by Crippen LogP contribution is 2.18. The van der Waals surface area contributed by atoms with E-state index in [0.717, 1.165) is 35.6 Å². The summed E-state index contributed by atoms with van der Waals surface area (Å²) in [7, 11) is 0. The Kier molecular flexibility index (Phi) is 4.00. The average molecular weight is 258 g/mol. The molecule has 0 aliphatic heterocycles. The molecule has 0 aliphatic rings. The van der Waals surface area contributed by atoms with Gasteiger partial charge in [-0.05, 0) is 49.9 Å². The fourth-order valence-corrected chi connectivity index (χ4v) is 2.45. The molecule has 0 saturated heterocycles. The Hall–Kier alpha value is -1.68. The van der Waals surface area contributed by atoms with E-state index in [1.54, 1.807) is 0 Å². The molecule has 2 N–H and O–H groups in total. The lowest BCUT2D eigenvalue weighted by Crippen LogP contribution is -2.07. The first kappa shape index (κ1) is 13.7. The maximum atomic E-state index is 5.76.